The van der Waals surface area contributed by atoms with E-state index >= 15 is 0 Å². The van der Waals surface area contributed by atoms with Crippen molar-refractivity contribution in [2.24, 2.45) is 5.16 Å². The van der Waals surface area contributed by atoms with Crippen LogP contribution in [0.15, 0.2) is 9.78 Å². The number of carbonyl (C=O) groups is 1. The van der Waals surface area contributed by atoms with Crippen LogP contribution >= 0.6 is 0 Å². The number of methoxy groups -OCH3 is 1. The summed E-state index contributed by atoms with van der Waals surface area (Å²) < 4.78 is 8.52. The van der Waals surface area contributed by atoms with Gasteiger partial charge in [0.2, 0.25) is 6.10 Å². The summed E-state index contributed by atoms with van der Waals surface area (Å²) in [6.45, 7) is 0. The highest BCUT2D eigenvalue weighted by Crippen LogP contribution is 2.20. The van der Waals surface area contributed by atoms with Crippen molar-refractivity contribution < 1.29 is 28.8 Å². The molecule has 0 amide bonds. The summed E-state index contributed by atoms with van der Waals surface area (Å²) in [7, 11) is 1.15. The molecule has 1 aliphatic rings. The van der Waals surface area contributed by atoms with Gasteiger partial charge >= 0.3 is 11.8 Å². The standard InChI is InChI=1S/C7H6N4O7/c1-16-7(12)4-2-3(8-17-4)5-6(10(13)14)9-18-11(5)15/h4H,2H2,1H3. The van der Waals surface area contributed by atoms with Gasteiger partial charge in [0.1, 0.15) is 5.71 Å². The van der Waals surface area contributed by atoms with Gasteiger partial charge in [0.25, 0.3) is 5.69 Å². The molecule has 0 aliphatic carbocycles. The smallest absolute Gasteiger partial charge is 0.442 e. The van der Waals surface area contributed by atoms with Crippen molar-refractivity contribution in [1.29, 1.82) is 0 Å². The molecular weight excluding hydrogens is 252 g/mol. The zero-order chi connectivity index (χ0) is 13.3. The summed E-state index contributed by atoms with van der Waals surface area (Å²) in [5, 5.41) is 28.2. The van der Waals surface area contributed by atoms with Crippen LogP contribution in [-0.4, -0.2) is 35.0 Å². The number of aromatic nitrogens is 2. The second-order valence-electron chi connectivity index (χ2n) is 3.22. The minimum absolute atomic E-state index is 0.103. The Morgan fingerprint density at radius 3 is 3.00 bits per heavy atom. The maximum Gasteiger partial charge on any atom is 0.442 e. The van der Waals surface area contributed by atoms with E-state index in [0.29, 0.717) is 0 Å². The lowest BCUT2D eigenvalue weighted by molar-refractivity contribution is -0.803. The first-order valence-corrected chi connectivity index (χ1v) is 4.59. The van der Waals surface area contributed by atoms with Gasteiger partial charge in [-0.15, -0.1) is 0 Å². The molecule has 11 nitrogen and oxygen atoms in total. The predicted octanol–water partition coefficient (Wildman–Crippen LogP) is -1.12. The third-order valence-electron chi connectivity index (χ3n) is 2.18. The molecule has 0 fully saturated rings. The molecule has 0 radical (unpaired) electrons. The highest BCUT2D eigenvalue weighted by Gasteiger charge is 2.38. The van der Waals surface area contributed by atoms with Crippen LogP contribution in [0, 0.1) is 15.3 Å². The van der Waals surface area contributed by atoms with Crippen molar-refractivity contribution >= 4 is 17.5 Å². The van der Waals surface area contributed by atoms with Crippen LogP contribution in [0.1, 0.15) is 12.1 Å². The summed E-state index contributed by atoms with van der Waals surface area (Å²) in [6, 6.07) is 0. The molecule has 1 aliphatic heterocycles. The maximum atomic E-state index is 11.2. The van der Waals surface area contributed by atoms with Crippen LogP contribution in [0.5, 0.6) is 0 Å². The lowest BCUT2D eigenvalue weighted by Gasteiger charge is -2.03. The fourth-order valence-corrected chi connectivity index (χ4v) is 1.37. The minimum Gasteiger partial charge on any atom is -0.466 e. The molecule has 18 heavy (non-hydrogen) atoms. The van der Waals surface area contributed by atoms with Crippen LogP contribution in [0.3, 0.4) is 0 Å². The first-order chi connectivity index (χ1) is 8.54. The van der Waals surface area contributed by atoms with Crippen LogP contribution < -0.4 is 4.90 Å². The fraction of sp³-hybridized carbons (Fsp3) is 0.429. The Balaban J connectivity index is 2.27. The summed E-state index contributed by atoms with van der Waals surface area (Å²) >= 11 is 0. The predicted molar refractivity (Wildman–Crippen MR) is 50.2 cm³/mol. The molecule has 1 aromatic rings. The molecule has 2 rings (SSSR count). The van der Waals surface area contributed by atoms with E-state index in [2.05, 4.69) is 19.7 Å². The first kappa shape index (κ1) is 11.8. The van der Waals surface area contributed by atoms with E-state index in [1.165, 1.54) is 0 Å². The number of esters is 1. The lowest BCUT2D eigenvalue weighted by atomic mass is 10.1. The molecule has 0 N–H and O–H groups in total. The van der Waals surface area contributed by atoms with E-state index in [0.717, 1.165) is 7.11 Å². The normalized spacial score (nSPS) is 18.1. The van der Waals surface area contributed by atoms with E-state index < -0.39 is 28.5 Å². The Hall–Kier alpha value is -2.72. The van der Waals surface area contributed by atoms with Gasteiger partial charge in [-0.1, -0.05) is 5.16 Å². The summed E-state index contributed by atoms with van der Waals surface area (Å²) in [5.41, 5.74) is -0.597. The Morgan fingerprint density at radius 2 is 2.39 bits per heavy atom. The molecular formula is C7H6N4O7. The number of nitrogens with zero attached hydrogens (tertiary/aromatic N) is 4. The van der Waals surface area contributed by atoms with Crippen molar-refractivity contribution in [2.75, 3.05) is 7.11 Å². The average molecular weight is 258 g/mol. The molecule has 0 saturated heterocycles. The molecule has 96 valence electrons. The van der Waals surface area contributed by atoms with Crippen molar-refractivity contribution in [1.82, 2.24) is 5.16 Å². The van der Waals surface area contributed by atoms with Crippen molar-refractivity contribution in [3.8, 4) is 0 Å². The number of rotatable bonds is 3. The largest absolute Gasteiger partial charge is 0.466 e. The highest BCUT2D eigenvalue weighted by atomic mass is 16.8. The Labute approximate surface area is 98.2 Å². The van der Waals surface area contributed by atoms with Crippen molar-refractivity contribution in [2.45, 2.75) is 12.5 Å². The Morgan fingerprint density at radius 1 is 1.67 bits per heavy atom. The minimum atomic E-state index is -1.04. The van der Waals surface area contributed by atoms with E-state index in [4.69, 9.17) is 4.84 Å². The van der Waals surface area contributed by atoms with Gasteiger partial charge in [-0.25, -0.2) is 4.79 Å². The van der Waals surface area contributed by atoms with Crippen LogP contribution in [0.2, 0.25) is 0 Å². The summed E-state index contributed by atoms with van der Waals surface area (Å²) in [6.07, 6.45) is -1.18. The zero-order valence-electron chi connectivity index (χ0n) is 8.93. The second-order valence-corrected chi connectivity index (χ2v) is 3.22. The number of oxime groups is 1. The van der Waals surface area contributed by atoms with E-state index in [1.807, 2.05) is 0 Å². The SMILES string of the molecule is COC(=O)C1CC(c2c([N+](=O)[O-])no[n+]2[O-])=NO1. The topological polar surface area (TPSA) is 144 Å². The molecule has 2 heterocycles. The second kappa shape index (κ2) is 4.27. The molecule has 0 bridgehead atoms. The van der Waals surface area contributed by atoms with E-state index in [-0.39, 0.29) is 17.0 Å². The van der Waals surface area contributed by atoms with Crippen LogP contribution in [0.4, 0.5) is 5.82 Å². The van der Waals surface area contributed by atoms with Crippen LogP contribution in [0.25, 0.3) is 0 Å². The number of hydrogen-bond donors (Lipinski definition) is 0. The van der Waals surface area contributed by atoms with Gasteiger partial charge in [0, 0.05) is 6.42 Å². The fourth-order valence-electron chi connectivity index (χ4n) is 1.37. The zero-order valence-corrected chi connectivity index (χ0v) is 8.93. The van der Waals surface area contributed by atoms with E-state index in [1.54, 1.807) is 0 Å². The van der Waals surface area contributed by atoms with Gasteiger partial charge < -0.3 is 24.9 Å². The van der Waals surface area contributed by atoms with Gasteiger partial charge in [-0.05, 0) is 9.83 Å². The van der Waals surface area contributed by atoms with Crippen molar-refractivity contribution in [3.05, 3.63) is 21.0 Å². The number of hydrogen-bond acceptors (Lipinski definition) is 9. The quantitative estimate of drug-likeness (QED) is 0.287. The molecule has 0 saturated carbocycles. The number of nitro groups is 1. The highest BCUT2D eigenvalue weighted by molar-refractivity contribution is 6.03. The van der Waals surface area contributed by atoms with E-state index in [9.17, 15) is 20.1 Å². The molecule has 0 aromatic carbocycles. The summed E-state index contributed by atoms with van der Waals surface area (Å²) in [4.78, 5) is 25.4. The molecule has 1 atom stereocenters. The van der Waals surface area contributed by atoms with Gasteiger partial charge in [-0.3, -0.25) is 4.63 Å². The molecule has 11 heteroatoms. The van der Waals surface area contributed by atoms with Crippen LogP contribution in [-0.2, 0) is 14.4 Å². The Kier molecular flexibility index (Phi) is 2.79. The third-order valence-corrected chi connectivity index (χ3v) is 2.18. The average Bonchev–Trinajstić information content (AvgIpc) is 2.93. The van der Waals surface area contributed by atoms with Gasteiger partial charge in [0.05, 0.1) is 12.3 Å². The van der Waals surface area contributed by atoms with Gasteiger partial charge in [-0.2, -0.15) is 0 Å². The number of ether oxygens (including phenoxy) is 1. The van der Waals surface area contributed by atoms with Crippen molar-refractivity contribution in [3.63, 3.8) is 0 Å². The van der Waals surface area contributed by atoms with Gasteiger partial charge in [0.15, 0.2) is 0 Å². The Bertz CT molecular complexity index is 536. The lowest BCUT2D eigenvalue weighted by Crippen LogP contribution is -2.32. The third kappa shape index (κ3) is 1.81. The molecule has 0 spiro atoms. The first-order valence-electron chi connectivity index (χ1n) is 4.59. The summed E-state index contributed by atoms with van der Waals surface area (Å²) in [5.74, 6) is -1.50. The maximum absolute atomic E-state index is 11.2. The molecule has 1 unspecified atom stereocenters. The molecule has 1 aromatic heterocycles. The number of carbonyl (C=O) groups excluding carboxylic acids is 1. The monoisotopic (exact) mass is 258 g/mol.